The van der Waals surface area contributed by atoms with Crippen LogP contribution in [0.2, 0.25) is 0 Å². The van der Waals surface area contributed by atoms with Crippen LogP contribution in [-0.4, -0.2) is 74.0 Å². The Hall–Kier alpha value is -1.86. The first-order valence-corrected chi connectivity index (χ1v) is 7.71. The molecule has 0 bridgehead atoms. The lowest BCUT2D eigenvalue weighted by atomic mass is 10.0. The number of benzene rings is 1. The van der Waals surface area contributed by atoms with Crippen LogP contribution >= 0.6 is 0 Å². The lowest BCUT2D eigenvalue weighted by Crippen LogP contribution is -2.52. The summed E-state index contributed by atoms with van der Waals surface area (Å²) < 4.78 is 71.4. The predicted molar refractivity (Wildman–Crippen MR) is 94.0 cm³/mol. The Bertz CT molecular complexity index is 865. The van der Waals surface area contributed by atoms with Gasteiger partial charge in [0, 0.05) is 73.9 Å². The van der Waals surface area contributed by atoms with Gasteiger partial charge in [0.05, 0.1) is 12.0 Å². The number of nitro benzene ring substituents is 1. The monoisotopic (exact) mass is 342 g/mol. The molecule has 24 heavy (non-hydrogen) atoms. The fourth-order valence-electron chi connectivity index (χ4n) is 2.89. The maximum Gasteiger partial charge on any atom is 0.311 e. The number of piperidine rings is 1. The maximum absolute atomic E-state index is 11.1. The molecule has 2 aliphatic heterocycles. The van der Waals surface area contributed by atoms with Crippen molar-refractivity contribution in [2.45, 2.75) is 18.9 Å². The number of ether oxygens (including phenoxy) is 1. The van der Waals surface area contributed by atoms with Gasteiger partial charge in [0.25, 0.3) is 0 Å². The van der Waals surface area contributed by atoms with Gasteiger partial charge in [0.15, 0.2) is 5.75 Å². The van der Waals surface area contributed by atoms with Crippen molar-refractivity contribution in [3.05, 3.63) is 28.3 Å². The van der Waals surface area contributed by atoms with E-state index in [4.69, 9.17) is 15.7 Å². The van der Waals surface area contributed by atoms with Crippen LogP contribution in [0.15, 0.2) is 18.2 Å². The molecule has 3 rings (SSSR count). The van der Waals surface area contributed by atoms with E-state index in [1.165, 1.54) is 19.2 Å². The molecule has 2 fully saturated rings. The van der Waals surface area contributed by atoms with E-state index in [0.717, 1.165) is 7.05 Å². The van der Waals surface area contributed by atoms with Crippen LogP contribution in [0.3, 0.4) is 0 Å². The largest absolute Gasteiger partial charge is 0.490 e. The van der Waals surface area contributed by atoms with E-state index < -0.39 is 37.0 Å². The first-order valence-electron chi connectivity index (χ1n) is 11.7. The SMILES string of the molecule is [2H]C1([2H])N(C)C([2H])([2H])C([2H])([2H])N(C2CCN(c3ccc([N+](=O)[O-])c(OC)c3)CC2)C1([2H])[2H]. The molecular weight excluding hydrogens is 308 g/mol. The van der Waals surface area contributed by atoms with Gasteiger partial charge in [-0.3, -0.25) is 15.0 Å². The van der Waals surface area contributed by atoms with E-state index >= 15 is 0 Å². The second-order valence-corrected chi connectivity index (χ2v) is 5.71. The second kappa shape index (κ2) is 7.36. The quantitative estimate of drug-likeness (QED) is 0.614. The highest BCUT2D eigenvalue weighted by Gasteiger charge is 2.27. The zero-order valence-corrected chi connectivity index (χ0v) is 13.7. The summed E-state index contributed by atoms with van der Waals surface area (Å²) in [6.45, 7) is -10.4. The van der Waals surface area contributed by atoms with Crippen LogP contribution in [0.5, 0.6) is 5.75 Å². The molecule has 7 nitrogen and oxygen atoms in total. The number of hydrogen-bond donors (Lipinski definition) is 0. The molecule has 2 aliphatic rings. The Balaban J connectivity index is 1.86. The van der Waals surface area contributed by atoms with Crippen molar-refractivity contribution in [3.63, 3.8) is 0 Å². The van der Waals surface area contributed by atoms with Gasteiger partial charge < -0.3 is 14.5 Å². The molecule has 2 saturated heterocycles. The predicted octanol–water partition coefficient (Wildman–Crippen LogP) is 1.82. The third-order valence-corrected chi connectivity index (χ3v) is 4.23. The van der Waals surface area contributed by atoms with Gasteiger partial charge >= 0.3 is 5.69 Å². The molecule has 1 aromatic carbocycles. The summed E-state index contributed by atoms with van der Waals surface area (Å²) in [5, 5.41) is 11.1. The van der Waals surface area contributed by atoms with Crippen LogP contribution in [0.25, 0.3) is 0 Å². The molecule has 0 aliphatic carbocycles. The third kappa shape index (κ3) is 3.62. The number of piperazine rings is 1. The third-order valence-electron chi connectivity index (χ3n) is 4.23. The zero-order valence-electron chi connectivity index (χ0n) is 21.7. The van der Waals surface area contributed by atoms with Gasteiger partial charge in [-0.25, -0.2) is 0 Å². The average molecular weight is 342 g/mol. The van der Waals surface area contributed by atoms with E-state index in [-0.39, 0.29) is 24.3 Å². The highest BCUT2D eigenvalue weighted by molar-refractivity contribution is 5.59. The maximum atomic E-state index is 11.1. The summed E-state index contributed by atoms with van der Waals surface area (Å²) in [6.07, 6.45) is 0.488. The van der Waals surface area contributed by atoms with Crippen molar-refractivity contribution < 1.29 is 20.6 Å². The van der Waals surface area contributed by atoms with Gasteiger partial charge in [-0.05, 0) is 26.0 Å². The molecule has 0 aromatic heterocycles. The van der Waals surface area contributed by atoms with Crippen molar-refractivity contribution in [2.24, 2.45) is 0 Å². The Morgan fingerprint density at radius 1 is 1.25 bits per heavy atom. The van der Waals surface area contributed by atoms with E-state index in [2.05, 4.69) is 0 Å². The van der Waals surface area contributed by atoms with Crippen molar-refractivity contribution in [2.75, 3.05) is 58.1 Å². The first-order chi connectivity index (χ1) is 14.6. The average Bonchev–Trinajstić information content (AvgIpc) is 2.71. The number of anilines is 1. The fourth-order valence-corrected chi connectivity index (χ4v) is 2.89. The molecule has 0 radical (unpaired) electrons. The lowest BCUT2D eigenvalue weighted by Gasteiger charge is -2.42. The summed E-state index contributed by atoms with van der Waals surface area (Å²) in [5.41, 5.74) is 0.482. The molecule has 0 spiro atoms. The number of methoxy groups -OCH3 is 1. The molecule has 2 heterocycles. The van der Waals surface area contributed by atoms with E-state index in [1.807, 2.05) is 4.90 Å². The van der Waals surface area contributed by atoms with Crippen LogP contribution in [0, 0.1) is 10.1 Å². The van der Waals surface area contributed by atoms with Gasteiger partial charge in [-0.15, -0.1) is 0 Å². The lowest BCUT2D eigenvalue weighted by molar-refractivity contribution is -0.385. The molecule has 0 unspecified atom stereocenters. The number of rotatable bonds is 4. The van der Waals surface area contributed by atoms with Crippen molar-refractivity contribution in [3.8, 4) is 5.75 Å². The minimum Gasteiger partial charge on any atom is -0.490 e. The van der Waals surface area contributed by atoms with Crippen LogP contribution in [-0.2, 0) is 0 Å². The van der Waals surface area contributed by atoms with Crippen LogP contribution < -0.4 is 9.64 Å². The van der Waals surface area contributed by atoms with E-state index in [9.17, 15) is 10.1 Å². The highest BCUT2D eigenvalue weighted by Crippen LogP contribution is 2.32. The summed E-state index contributed by atoms with van der Waals surface area (Å²) in [7, 11) is 2.37. The number of likely N-dealkylation sites (N-methyl/N-ethyl adjacent to an activating group) is 1. The summed E-state index contributed by atoms with van der Waals surface area (Å²) in [5.74, 6) is 0.0998. The molecule has 0 amide bonds. The minimum absolute atomic E-state index is 0.0998. The molecule has 0 saturated carbocycles. The minimum atomic E-state index is -2.79. The standard InChI is InChI=1S/C17H26N4O3/c1-18-9-11-20(12-10-18)14-5-7-19(8-6-14)15-3-4-16(21(22)23)17(13-15)24-2/h3-4,13-14H,5-12H2,1-2H3/i9D2,10D2,11D2,12D2. The number of nitrogens with zero attached hydrogens (tertiary/aromatic N) is 4. The van der Waals surface area contributed by atoms with E-state index in [1.54, 1.807) is 6.07 Å². The fraction of sp³-hybridized carbons (Fsp3) is 0.647. The van der Waals surface area contributed by atoms with Gasteiger partial charge in [0.2, 0.25) is 0 Å². The van der Waals surface area contributed by atoms with Crippen molar-refractivity contribution in [1.82, 2.24) is 9.80 Å². The number of hydrogen-bond acceptors (Lipinski definition) is 6. The smallest absolute Gasteiger partial charge is 0.311 e. The zero-order chi connectivity index (χ0) is 24.3. The van der Waals surface area contributed by atoms with Gasteiger partial charge in [0.1, 0.15) is 0 Å². The highest BCUT2D eigenvalue weighted by atomic mass is 16.6. The van der Waals surface area contributed by atoms with Crippen LogP contribution in [0.4, 0.5) is 11.4 Å². The van der Waals surface area contributed by atoms with Crippen molar-refractivity contribution in [1.29, 1.82) is 0 Å². The molecule has 132 valence electrons. The normalized spacial score (nSPS) is 34.3. The number of nitro groups is 1. The summed E-state index contributed by atoms with van der Waals surface area (Å²) in [6, 6.07) is 3.69. The molecule has 0 N–H and O–H groups in total. The Kier molecular flexibility index (Phi) is 2.94. The first kappa shape index (κ1) is 9.58. The topological polar surface area (TPSA) is 62.1 Å². The summed E-state index contributed by atoms with van der Waals surface area (Å²) >= 11 is 0. The molecular formula is C17H26N4O3. The van der Waals surface area contributed by atoms with Crippen LogP contribution in [0.1, 0.15) is 23.8 Å². The Labute approximate surface area is 154 Å². The Morgan fingerprint density at radius 3 is 2.50 bits per heavy atom. The van der Waals surface area contributed by atoms with Gasteiger partial charge in [-0.1, -0.05) is 0 Å². The molecule has 0 atom stereocenters. The van der Waals surface area contributed by atoms with Crippen molar-refractivity contribution >= 4 is 11.4 Å². The Morgan fingerprint density at radius 2 is 1.92 bits per heavy atom. The van der Waals surface area contributed by atoms with E-state index in [0.29, 0.717) is 28.6 Å². The molecule has 1 aromatic rings. The molecule has 7 heteroatoms. The van der Waals surface area contributed by atoms with Gasteiger partial charge in [-0.2, -0.15) is 0 Å². The summed E-state index contributed by atoms with van der Waals surface area (Å²) in [4.78, 5) is 13.7. The second-order valence-electron chi connectivity index (χ2n) is 5.71.